The first kappa shape index (κ1) is 20.1. The Morgan fingerprint density at radius 3 is 2.38 bits per heavy atom. The van der Waals surface area contributed by atoms with Crippen molar-refractivity contribution >= 4 is 23.2 Å². The average Bonchev–Trinajstić information content (AvgIpc) is 3.43. The molecule has 1 aliphatic heterocycles. The molecule has 29 heavy (non-hydrogen) atoms. The number of aryl methyl sites for hydroxylation is 2. The van der Waals surface area contributed by atoms with Gasteiger partial charge in [-0.2, -0.15) is 0 Å². The molecular formula is C23H29N3O2S. The largest absolute Gasteiger partial charge is 0.338 e. The lowest BCUT2D eigenvalue weighted by molar-refractivity contribution is -0.134. The Bertz CT molecular complexity index is 868. The van der Waals surface area contributed by atoms with Crippen LogP contribution in [0.1, 0.15) is 39.2 Å². The summed E-state index contributed by atoms with van der Waals surface area (Å²) in [5.74, 6) is 0.269. The molecule has 0 N–H and O–H groups in total. The van der Waals surface area contributed by atoms with E-state index in [1.807, 2.05) is 27.3 Å². The van der Waals surface area contributed by atoms with Crippen LogP contribution in [0.25, 0.3) is 0 Å². The molecule has 1 saturated carbocycles. The van der Waals surface area contributed by atoms with Crippen LogP contribution >= 0.6 is 11.3 Å². The van der Waals surface area contributed by atoms with Gasteiger partial charge >= 0.3 is 0 Å². The monoisotopic (exact) mass is 411 g/mol. The van der Waals surface area contributed by atoms with Crippen molar-refractivity contribution in [1.82, 2.24) is 14.7 Å². The molecule has 1 aliphatic carbocycles. The Kier molecular flexibility index (Phi) is 6.01. The summed E-state index contributed by atoms with van der Waals surface area (Å²) in [6.07, 6.45) is 2.36. The van der Waals surface area contributed by atoms with Gasteiger partial charge in [0.25, 0.3) is 5.91 Å². The van der Waals surface area contributed by atoms with Gasteiger partial charge in [0.2, 0.25) is 5.91 Å². The van der Waals surface area contributed by atoms with Gasteiger partial charge in [0.05, 0.1) is 11.4 Å². The van der Waals surface area contributed by atoms with Gasteiger partial charge < -0.3 is 9.80 Å². The van der Waals surface area contributed by atoms with E-state index in [9.17, 15) is 9.59 Å². The first-order chi connectivity index (χ1) is 14.0. The van der Waals surface area contributed by atoms with Gasteiger partial charge in [0.15, 0.2) is 0 Å². The molecule has 2 heterocycles. The Balaban J connectivity index is 1.32. The van der Waals surface area contributed by atoms with Gasteiger partial charge in [-0.3, -0.25) is 14.5 Å². The molecule has 1 saturated heterocycles. The molecule has 1 aromatic heterocycles. The zero-order chi connectivity index (χ0) is 20.4. The van der Waals surface area contributed by atoms with Gasteiger partial charge in [0, 0.05) is 38.8 Å². The van der Waals surface area contributed by atoms with E-state index in [-0.39, 0.29) is 11.8 Å². The van der Waals surface area contributed by atoms with E-state index in [1.54, 1.807) is 0 Å². The van der Waals surface area contributed by atoms with Crippen LogP contribution < -0.4 is 0 Å². The molecule has 2 aliphatic rings. The first-order valence-electron chi connectivity index (χ1n) is 10.4. The maximum Gasteiger partial charge on any atom is 0.264 e. The molecule has 154 valence electrons. The highest BCUT2D eigenvalue weighted by molar-refractivity contribution is 7.12. The number of thiophene rings is 1. The van der Waals surface area contributed by atoms with E-state index in [4.69, 9.17) is 0 Å². The smallest absolute Gasteiger partial charge is 0.264 e. The molecule has 2 amide bonds. The predicted octanol–water partition coefficient (Wildman–Crippen LogP) is 3.31. The maximum absolute atomic E-state index is 12.9. The third-order valence-electron chi connectivity index (χ3n) is 6.01. The highest BCUT2D eigenvalue weighted by atomic mass is 32.1. The predicted molar refractivity (Wildman–Crippen MR) is 116 cm³/mol. The third-order valence-corrected chi connectivity index (χ3v) is 6.87. The first-order valence-corrected chi connectivity index (χ1v) is 11.3. The van der Waals surface area contributed by atoms with Crippen LogP contribution in [0.2, 0.25) is 0 Å². The summed E-state index contributed by atoms with van der Waals surface area (Å²) in [6, 6.07) is 10.9. The third kappa shape index (κ3) is 4.87. The summed E-state index contributed by atoms with van der Waals surface area (Å²) < 4.78 is 0. The summed E-state index contributed by atoms with van der Waals surface area (Å²) in [5, 5.41) is 1.93. The van der Waals surface area contributed by atoms with Crippen molar-refractivity contribution in [2.45, 2.75) is 39.3 Å². The molecule has 0 radical (unpaired) electrons. The van der Waals surface area contributed by atoms with Crippen LogP contribution in [-0.2, 0) is 11.3 Å². The molecule has 0 atom stereocenters. The lowest BCUT2D eigenvalue weighted by Gasteiger charge is -2.35. The second-order valence-electron chi connectivity index (χ2n) is 8.21. The summed E-state index contributed by atoms with van der Waals surface area (Å²) in [5.41, 5.74) is 3.88. The van der Waals surface area contributed by atoms with Crippen molar-refractivity contribution in [3.8, 4) is 0 Å². The van der Waals surface area contributed by atoms with Crippen LogP contribution in [-0.4, -0.2) is 65.3 Å². The van der Waals surface area contributed by atoms with E-state index in [2.05, 4.69) is 36.9 Å². The average molecular weight is 412 g/mol. The second kappa shape index (κ2) is 8.67. The fourth-order valence-electron chi connectivity index (χ4n) is 3.88. The molecule has 0 bridgehead atoms. The van der Waals surface area contributed by atoms with Gasteiger partial charge in [0.1, 0.15) is 0 Å². The minimum absolute atomic E-state index is 0.0847. The van der Waals surface area contributed by atoms with Crippen LogP contribution in [0.15, 0.2) is 35.7 Å². The molecule has 1 aromatic carbocycles. The van der Waals surface area contributed by atoms with Gasteiger partial charge in [-0.05, 0) is 54.8 Å². The highest BCUT2D eigenvalue weighted by Gasteiger charge is 2.32. The number of nitrogens with zero attached hydrogens (tertiary/aromatic N) is 3. The highest BCUT2D eigenvalue weighted by Crippen LogP contribution is 2.28. The standard InChI is InChI=1S/C23H29N3O2S/c1-17-5-6-19(14-18(17)2)15-26(20-7-8-20)16-22(27)24-9-11-25(12-10-24)23(28)21-4-3-13-29-21/h3-6,13-14,20H,7-12,15-16H2,1-2H3. The lowest BCUT2D eigenvalue weighted by atomic mass is 10.1. The molecule has 6 heteroatoms. The lowest BCUT2D eigenvalue weighted by Crippen LogP contribution is -2.52. The summed E-state index contributed by atoms with van der Waals surface area (Å²) in [6.45, 7) is 8.04. The van der Waals surface area contributed by atoms with Gasteiger partial charge in [-0.15, -0.1) is 11.3 Å². The quantitative estimate of drug-likeness (QED) is 0.733. The number of rotatable bonds is 6. The zero-order valence-corrected chi connectivity index (χ0v) is 18.1. The van der Waals surface area contributed by atoms with Gasteiger partial charge in [-0.1, -0.05) is 24.3 Å². The second-order valence-corrected chi connectivity index (χ2v) is 9.15. The number of amides is 2. The number of piperazine rings is 1. The number of hydrogen-bond acceptors (Lipinski definition) is 4. The van der Waals surface area contributed by atoms with Crippen molar-refractivity contribution in [1.29, 1.82) is 0 Å². The SMILES string of the molecule is Cc1ccc(CN(CC(=O)N2CCN(C(=O)c3cccs3)CC2)C2CC2)cc1C. The van der Waals surface area contributed by atoms with Crippen molar-refractivity contribution in [2.75, 3.05) is 32.7 Å². The van der Waals surface area contributed by atoms with Crippen molar-refractivity contribution in [2.24, 2.45) is 0 Å². The molecule has 0 spiro atoms. The van der Waals surface area contributed by atoms with E-state index in [0.29, 0.717) is 38.8 Å². The van der Waals surface area contributed by atoms with Crippen LogP contribution in [0.3, 0.4) is 0 Å². The summed E-state index contributed by atoms with van der Waals surface area (Å²) >= 11 is 1.47. The van der Waals surface area contributed by atoms with Crippen LogP contribution in [0, 0.1) is 13.8 Å². The Labute approximate surface area is 176 Å². The zero-order valence-electron chi connectivity index (χ0n) is 17.3. The van der Waals surface area contributed by atoms with E-state index >= 15 is 0 Å². The molecule has 2 fully saturated rings. The van der Waals surface area contributed by atoms with Crippen LogP contribution in [0.4, 0.5) is 0 Å². The number of benzene rings is 1. The minimum Gasteiger partial charge on any atom is -0.338 e. The van der Waals surface area contributed by atoms with E-state index in [0.717, 1.165) is 11.4 Å². The summed E-state index contributed by atoms with van der Waals surface area (Å²) in [7, 11) is 0. The normalized spacial score (nSPS) is 17.1. The number of hydrogen-bond donors (Lipinski definition) is 0. The van der Waals surface area contributed by atoms with Crippen molar-refractivity contribution < 1.29 is 9.59 Å². The number of carbonyl (C=O) groups is 2. The van der Waals surface area contributed by atoms with E-state index in [1.165, 1.54) is 40.9 Å². The molecule has 5 nitrogen and oxygen atoms in total. The van der Waals surface area contributed by atoms with Crippen molar-refractivity contribution in [3.05, 3.63) is 57.3 Å². The Morgan fingerprint density at radius 1 is 1.03 bits per heavy atom. The molecule has 2 aromatic rings. The summed E-state index contributed by atoms with van der Waals surface area (Å²) in [4.78, 5) is 32.3. The van der Waals surface area contributed by atoms with Crippen LogP contribution in [0.5, 0.6) is 0 Å². The fourth-order valence-corrected chi connectivity index (χ4v) is 4.57. The number of carbonyl (C=O) groups excluding carboxylic acids is 2. The maximum atomic E-state index is 12.9. The molecule has 4 rings (SSSR count). The Morgan fingerprint density at radius 2 is 1.76 bits per heavy atom. The van der Waals surface area contributed by atoms with Crippen molar-refractivity contribution in [3.63, 3.8) is 0 Å². The topological polar surface area (TPSA) is 43.9 Å². The fraction of sp³-hybridized carbons (Fsp3) is 0.478. The van der Waals surface area contributed by atoms with E-state index < -0.39 is 0 Å². The molecule has 0 unspecified atom stereocenters. The Hall–Kier alpha value is -2.18. The molecular weight excluding hydrogens is 382 g/mol. The minimum atomic E-state index is 0.0847. The van der Waals surface area contributed by atoms with Gasteiger partial charge in [-0.25, -0.2) is 0 Å².